The molecule has 1 heterocycles. The minimum absolute atomic E-state index is 0.0830. The van der Waals surface area contributed by atoms with E-state index in [2.05, 4.69) is 10.3 Å². The lowest BCUT2D eigenvalue weighted by Crippen LogP contribution is -2.03. The van der Waals surface area contributed by atoms with Gasteiger partial charge in [-0.3, -0.25) is 0 Å². The Kier molecular flexibility index (Phi) is 3.75. The SMILES string of the molecule is N#Cc1ncccc1CNc1ccc(Cl)c(F)c1. The molecule has 1 aromatic heterocycles. The molecule has 1 N–H and O–H groups in total. The molecule has 0 saturated heterocycles. The summed E-state index contributed by atoms with van der Waals surface area (Å²) < 4.78 is 13.2. The minimum atomic E-state index is -0.478. The van der Waals surface area contributed by atoms with Crippen LogP contribution in [0.15, 0.2) is 36.5 Å². The summed E-state index contributed by atoms with van der Waals surface area (Å²) in [5, 5.41) is 12.0. The van der Waals surface area contributed by atoms with Crippen molar-refractivity contribution in [3.63, 3.8) is 0 Å². The topological polar surface area (TPSA) is 48.7 Å². The third-order valence-corrected chi connectivity index (χ3v) is 2.71. The maximum atomic E-state index is 13.2. The van der Waals surface area contributed by atoms with Crippen molar-refractivity contribution in [3.8, 4) is 6.07 Å². The molecule has 0 aliphatic heterocycles. The molecule has 18 heavy (non-hydrogen) atoms. The van der Waals surface area contributed by atoms with Crippen LogP contribution in [0.5, 0.6) is 0 Å². The fourth-order valence-electron chi connectivity index (χ4n) is 1.49. The highest BCUT2D eigenvalue weighted by molar-refractivity contribution is 6.30. The summed E-state index contributed by atoms with van der Waals surface area (Å²) in [6.07, 6.45) is 1.56. The normalized spacial score (nSPS) is 9.83. The monoisotopic (exact) mass is 261 g/mol. The van der Waals surface area contributed by atoms with Crippen LogP contribution in [-0.4, -0.2) is 4.98 Å². The number of aromatic nitrogens is 1. The van der Waals surface area contributed by atoms with Crippen LogP contribution in [0.2, 0.25) is 5.02 Å². The first-order valence-electron chi connectivity index (χ1n) is 5.23. The van der Waals surface area contributed by atoms with Gasteiger partial charge >= 0.3 is 0 Å². The van der Waals surface area contributed by atoms with E-state index in [-0.39, 0.29) is 5.02 Å². The lowest BCUT2D eigenvalue weighted by atomic mass is 10.2. The van der Waals surface area contributed by atoms with Gasteiger partial charge in [0.25, 0.3) is 0 Å². The predicted molar refractivity (Wildman–Crippen MR) is 67.7 cm³/mol. The van der Waals surface area contributed by atoms with E-state index in [1.165, 1.54) is 12.1 Å². The van der Waals surface area contributed by atoms with Crippen molar-refractivity contribution in [2.24, 2.45) is 0 Å². The molecular formula is C13H9ClFN3. The first-order chi connectivity index (χ1) is 8.70. The van der Waals surface area contributed by atoms with E-state index < -0.39 is 5.82 Å². The molecule has 0 aliphatic rings. The molecule has 0 bridgehead atoms. The Morgan fingerprint density at radius 3 is 2.94 bits per heavy atom. The number of hydrogen-bond acceptors (Lipinski definition) is 3. The van der Waals surface area contributed by atoms with E-state index in [0.29, 0.717) is 17.9 Å². The summed E-state index contributed by atoms with van der Waals surface area (Å²) in [4.78, 5) is 3.94. The van der Waals surface area contributed by atoms with Gasteiger partial charge in [0.15, 0.2) is 0 Å². The molecule has 0 fully saturated rings. The van der Waals surface area contributed by atoms with Gasteiger partial charge in [-0.1, -0.05) is 17.7 Å². The molecule has 0 aliphatic carbocycles. The molecule has 3 nitrogen and oxygen atoms in total. The number of nitrogens with zero attached hydrogens (tertiary/aromatic N) is 2. The Hall–Kier alpha value is -2.12. The highest BCUT2D eigenvalue weighted by Crippen LogP contribution is 2.19. The number of anilines is 1. The van der Waals surface area contributed by atoms with Gasteiger partial charge in [-0.05, 0) is 24.3 Å². The van der Waals surface area contributed by atoms with Gasteiger partial charge in [0.2, 0.25) is 0 Å². The van der Waals surface area contributed by atoms with Crippen LogP contribution in [0.4, 0.5) is 10.1 Å². The Morgan fingerprint density at radius 1 is 1.39 bits per heavy atom. The van der Waals surface area contributed by atoms with Gasteiger partial charge in [0, 0.05) is 24.0 Å². The number of rotatable bonds is 3. The van der Waals surface area contributed by atoms with Gasteiger partial charge in [0.1, 0.15) is 17.6 Å². The highest BCUT2D eigenvalue weighted by atomic mass is 35.5. The number of hydrogen-bond donors (Lipinski definition) is 1. The second-order valence-corrected chi connectivity index (χ2v) is 4.01. The summed E-state index contributed by atoms with van der Waals surface area (Å²) in [5.41, 5.74) is 1.72. The highest BCUT2D eigenvalue weighted by Gasteiger charge is 2.04. The van der Waals surface area contributed by atoms with Crippen molar-refractivity contribution in [1.29, 1.82) is 5.26 Å². The van der Waals surface area contributed by atoms with Gasteiger partial charge in [-0.15, -0.1) is 0 Å². The average molecular weight is 262 g/mol. The Bertz CT molecular complexity index is 607. The molecule has 2 aromatic rings. The van der Waals surface area contributed by atoms with Gasteiger partial charge in [0.05, 0.1) is 5.02 Å². The maximum absolute atomic E-state index is 13.2. The number of nitriles is 1. The fourth-order valence-corrected chi connectivity index (χ4v) is 1.60. The van der Waals surface area contributed by atoms with Crippen LogP contribution in [0, 0.1) is 17.1 Å². The van der Waals surface area contributed by atoms with Crippen molar-refractivity contribution < 1.29 is 4.39 Å². The van der Waals surface area contributed by atoms with Crippen LogP contribution >= 0.6 is 11.6 Å². The Labute approximate surface area is 109 Å². The summed E-state index contributed by atoms with van der Waals surface area (Å²) >= 11 is 5.59. The first-order valence-corrected chi connectivity index (χ1v) is 5.61. The van der Waals surface area contributed by atoms with Crippen molar-refractivity contribution in [2.45, 2.75) is 6.54 Å². The molecule has 90 valence electrons. The zero-order chi connectivity index (χ0) is 13.0. The molecule has 0 unspecified atom stereocenters. The summed E-state index contributed by atoms with van der Waals surface area (Å²) in [6, 6.07) is 10.0. The minimum Gasteiger partial charge on any atom is -0.381 e. The van der Waals surface area contributed by atoms with Gasteiger partial charge < -0.3 is 5.32 Å². The van der Waals surface area contributed by atoms with E-state index in [1.54, 1.807) is 24.4 Å². The largest absolute Gasteiger partial charge is 0.381 e. The summed E-state index contributed by atoms with van der Waals surface area (Å²) in [7, 11) is 0. The average Bonchev–Trinajstić information content (AvgIpc) is 2.40. The fraction of sp³-hybridized carbons (Fsp3) is 0.0769. The summed E-state index contributed by atoms with van der Waals surface area (Å²) in [6.45, 7) is 0.401. The number of nitrogens with one attached hydrogen (secondary N) is 1. The molecule has 0 amide bonds. The quantitative estimate of drug-likeness (QED) is 0.922. The molecule has 0 radical (unpaired) electrons. The van der Waals surface area contributed by atoms with Gasteiger partial charge in [-0.25, -0.2) is 9.37 Å². The number of halogens is 2. The summed E-state index contributed by atoms with van der Waals surface area (Å²) in [5.74, 6) is -0.478. The zero-order valence-electron chi connectivity index (χ0n) is 9.32. The maximum Gasteiger partial charge on any atom is 0.145 e. The van der Waals surface area contributed by atoms with Crippen LogP contribution < -0.4 is 5.32 Å². The van der Waals surface area contributed by atoms with E-state index in [9.17, 15) is 4.39 Å². The molecular weight excluding hydrogens is 253 g/mol. The molecule has 0 atom stereocenters. The number of benzene rings is 1. The second kappa shape index (κ2) is 5.48. The number of pyridine rings is 1. The molecule has 0 spiro atoms. The van der Waals surface area contributed by atoms with Gasteiger partial charge in [-0.2, -0.15) is 5.26 Å². The smallest absolute Gasteiger partial charge is 0.145 e. The van der Waals surface area contributed by atoms with Crippen molar-refractivity contribution in [2.75, 3.05) is 5.32 Å². The third-order valence-electron chi connectivity index (χ3n) is 2.40. The Balaban J connectivity index is 2.12. The van der Waals surface area contributed by atoms with E-state index in [4.69, 9.17) is 16.9 Å². The predicted octanol–water partition coefficient (Wildman–Crippen LogP) is 3.36. The lowest BCUT2D eigenvalue weighted by molar-refractivity contribution is 0.628. The van der Waals surface area contributed by atoms with Crippen molar-refractivity contribution in [1.82, 2.24) is 4.98 Å². The molecule has 0 saturated carbocycles. The first kappa shape index (κ1) is 12.3. The molecule has 2 rings (SSSR count). The standard InChI is InChI=1S/C13H9ClFN3/c14-11-4-3-10(6-12(11)15)18-8-9-2-1-5-17-13(9)7-16/h1-6,18H,8H2. The molecule has 1 aromatic carbocycles. The van der Waals surface area contributed by atoms with E-state index in [0.717, 1.165) is 5.56 Å². The molecule has 5 heteroatoms. The second-order valence-electron chi connectivity index (χ2n) is 3.61. The van der Waals surface area contributed by atoms with Crippen LogP contribution in [-0.2, 0) is 6.54 Å². The third kappa shape index (κ3) is 2.76. The van der Waals surface area contributed by atoms with E-state index >= 15 is 0 Å². The van der Waals surface area contributed by atoms with Crippen molar-refractivity contribution in [3.05, 3.63) is 58.6 Å². The van der Waals surface area contributed by atoms with Crippen molar-refractivity contribution >= 4 is 17.3 Å². The van der Waals surface area contributed by atoms with Crippen LogP contribution in [0.3, 0.4) is 0 Å². The van der Waals surface area contributed by atoms with E-state index in [1.807, 2.05) is 6.07 Å². The van der Waals surface area contributed by atoms with Crippen LogP contribution in [0.1, 0.15) is 11.3 Å². The lowest BCUT2D eigenvalue weighted by Gasteiger charge is -2.07. The van der Waals surface area contributed by atoms with Crippen LogP contribution in [0.25, 0.3) is 0 Å². The Morgan fingerprint density at radius 2 is 2.22 bits per heavy atom. The zero-order valence-corrected chi connectivity index (χ0v) is 10.1.